The maximum absolute atomic E-state index is 13.2. The van der Waals surface area contributed by atoms with E-state index in [2.05, 4.69) is 22.8 Å². The maximum Gasteiger partial charge on any atom is 0.255 e. The Bertz CT molecular complexity index is 1220. The SMILES string of the molecule is O=C(Nc1ccccc1C(=O)NCc1ccccc1)c1ccccc1CCc1ccccc1. The molecule has 0 fully saturated rings. The Morgan fingerprint density at radius 2 is 1.12 bits per heavy atom. The van der Waals surface area contributed by atoms with Gasteiger partial charge in [0.05, 0.1) is 11.3 Å². The molecule has 4 nitrogen and oxygen atoms in total. The predicted molar refractivity (Wildman–Crippen MR) is 132 cm³/mol. The molecule has 4 aromatic carbocycles. The van der Waals surface area contributed by atoms with Gasteiger partial charge in [-0.2, -0.15) is 0 Å². The van der Waals surface area contributed by atoms with Crippen molar-refractivity contribution in [3.63, 3.8) is 0 Å². The van der Waals surface area contributed by atoms with Crippen LogP contribution in [0.15, 0.2) is 109 Å². The van der Waals surface area contributed by atoms with E-state index in [1.165, 1.54) is 5.56 Å². The zero-order valence-electron chi connectivity index (χ0n) is 18.3. The first kappa shape index (κ1) is 22.0. The zero-order chi connectivity index (χ0) is 22.9. The number of nitrogens with one attached hydrogen (secondary N) is 2. The van der Waals surface area contributed by atoms with Crippen molar-refractivity contribution in [2.24, 2.45) is 0 Å². The molecule has 0 heterocycles. The Balaban J connectivity index is 1.46. The second kappa shape index (κ2) is 10.9. The van der Waals surface area contributed by atoms with Gasteiger partial charge in [0.2, 0.25) is 0 Å². The summed E-state index contributed by atoms with van der Waals surface area (Å²) in [5, 5.41) is 5.87. The summed E-state index contributed by atoms with van der Waals surface area (Å²) in [6.45, 7) is 0.421. The molecule has 0 aliphatic heterocycles. The molecule has 0 radical (unpaired) electrons. The van der Waals surface area contributed by atoms with Crippen molar-refractivity contribution in [1.29, 1.82) is 0 Å². The van der Waals surface area contributed by atoms with Gasteiger partial charge in [-0.1, -0.05) is 91.0 Å². The molecule has 0 saturated heterocycles. The van der Waals surface area contributed by atoms with Crippen LogP contribution in [-0.4, -0.2) is 11.8 Å². The van der Waals surface area contributed by atoms with E-state index in [4.69, 9.17) is 0 Å². The molecule has 4 aromatic rings. The van der Waals surface area contributed by atoms with Gasteiger partial charge < -0.3 is 10.6 Å². The first-order valence-corrected chi connectivity index (χ1v) is 11.0. The Morgan fingerprint density at radius 3 is 1.85 bits per heavy atom. The normalized spacial score (nSPS) is 10.4. The van der Waals surface area contributed by atoms with E-state index < -0.39 is 0 Å². The van der Waals surface area contributed by atoms with Gasteiger partial charge >= 0.3 is 0 Å². The predicted octanol–water partition coefficient (Wildman–Crippen LogP) is 5.65. The minimum Gasteiger partial charge on any atom is -0.348 e. The summed E-state index contributed by atoms with van der Waals surface area (Å²) in [6.07, 6.45) is 1.61. The van der Waals surface area contributed by atoms with Crippen LogP contribution in [0, 0.1) is 0 Å². The van der Waals surface area contributed by atoms with E-state index in [1.54, 1.807) is 18.2 Å². The molecule has 4 rings (SSSR count). The monoisotopic (exact) mass is 434 g/mol. The second-order valence-electron chi connectivity index (χ2n) is 7.81. The third-order valence-corrected chi connectivity index (χ3v) is 5.50. The highest BCUT2D eigenvalue weighted by Crippen LogP contribution is 2.19. The number of aryl methyl sites for hydroxylation is 2. The van der Waals surface area contributed by atoms with Crippen LogP contribution in [0.4, 0.5) is 5.69 Å². The molecule has 0 aliphatic carbocycles. The number of carbonyl (C=O) groups is 2. The van der Waals surface area contributed by atoms with E-state index in [9.17, 15) is 9.59 Å². The Morgan fingerprint density at radius 1 is 0.545 bits per heavy atom. The average Bonchev–Trinajstić information content (AvgIpc) is 2.88. The van der Waals surface area contributed by atoms with E-state index in [-0.39, 0.29) is 11.8 Å². The fraction of sp³-hybridized carbons (Fsp3) is 0.103. The Kier molecular flexibility index (Phi) is 7.29. The van der Waals surface area contributed by atoms with Gasteiger partial charge in [0.25, 0.3) is 11.8 Å². The van der Waals surface area contributed by atoms with Crippen LogP contribution >= 0.6 is 0 Å². The van der Waals surface area contributed by atoms with Gasteiger partial charge in [0.15, 0.2) is 0 Å². The molecule has 0 atom stereocenters. The van der Waals surface area contributed by atoms with Gasteiger partial charge in [-0.05, 0) is 47.7 Å². The summed E-state index contributed by atoms with van der Waals surface area (Å²) in [5.74, 6) is -0.450. The van der Waals surface area contributed by atoms with E-state index >= 15 is 0 Å². The van der Waals surface area contributed by atoms with Crippen LogP contribution < -0.4 is 10.6 Å². The molecular formula is C29H26N2O2. The molecule has 33 heavy (non-hydrogen) atoms. The molecular weight excluding hydrogens is 408 g/mol. The second-order valence-corrected chi connectivity index (χ2v) is 7.81. The number of para-hydroxylation sites is 1. The van der Waals surface area contributed by atoms with Crippen LogP contribution in [-0.2, 0) is 19.4 Å². The molecule has 164 valence electrons. The fourth-order valence-electron chi connectivity index (χ4n) is 3.74. The summed E-state index contributed by atoms with van der Waals surface area (Å²) in [6, 6.07) is 34.6. The number of amides is 2. The van der Waals surface area contributed by atoms with E-state index in [1.807, 2.05) is 78.9 Å². The highest BCUT2D eigenvalue weighted by Gasteiger charge is 2.16. The van der Waals surface area contributed by atoms with Gasteiger partial charge in [-0.25, -0.2) is 0 Å². The van der Waals surface area contributed by atoms with Crippen LogP contribution in [0.2, 0.25) is 0 Å². The lowest BCUT2D eigenvalue weighted by atomic mass is 9.99. The largest absolute Gasteiger partial charge is 0.348 e. The van der Waals surface area contributed by atoms with Gasteiger partial charge in [0, 0.05) is 12.1 Å². The summed E-state index contributed by atoms with van der Waals surface area (Å²) in [5.41, 5.74) is 4.76. The number of carbonyl (C=O) groups excluding carboxylic acids is 2. The van der Waals surface area contributed by atoms with Crippen molar-refractivity contribution in [2.75, 3.05) is 5.32 Å². The van der Waals surface area contributed by atoms with Crippen molar-refractivity contribution in [3.8, 4) is 0 Å². The smallest absolute Gasteiger partial charge is 0.255 e. The lowest BCUT2D eigenvalue weighted by Gasteiger charge is -2.13. The summed E-state index contributed by atoms with van der Waals surface area (Å²) in [7, 11) is 0. The molecule has 0 spiro atoms. The minimum absolute atomic E-state index is 0.220. The first-order chi connectivity index (χ1) is 16.2. The van der Waals surface area contributed by atoms with Crippen molar-refractivity contribution < 1.29 is 9.59 Å². The topological polar surface area (TPSA) is 58.2 Å². The van der Waals surface area contributed by atoms with Crippen LogP contribution in [0.1, 0.15) is 37.4 Å². The van der Waals surface area contributed by atoms with Crippen molar-refractivity contribution in [1.82, 2.24) is 5.32 Å². The van der Waals surface area contributed by atoms with E-state index in [0.717, 1.165) is 24.0 Å². The lowest BCUT2D eigenvalue weighted by molar-refractivity contribution is 0.0952. The Labute approximate surface area is 194 Å². The van der Waals surface area contributed by atoms with Gasteiger partial charge in [-0.15, -0.1) is 0 Å². The number of hydrogen-bond donors (Lipinski definition) is 2. The molecule has 0 unspecified atom stereocenters. The number of hydrogen-bond acceptors (Lipinski definition) is 2. The number of benzene rings is 4. The van der Waals surface area contributed by atoms with E-state index in [0.29, 0.717) is 23.4 Å². The average molecular weight is 435 g/mol. The zero-order valence-corrected chi connectivity index (χ0v) is 18.3. The van der Waals surface area contributed by atoms with Crippen LogP contribution in [0.3, 0.4) is 0 Å². The summed E-state index contributed by atoms with van der Waals surface area (Å²) < 4.78 is 0. The molecule has 0 aromatic heterocycles. The van der Waals surface area contributed by atoms with Crippen molar-refractivity contribution in [2.45, 2.75) is 19.4 Å². The lowest BCUT2D eigenvalue weighted by Crippen LogP contribution is -2.25. The maximum atomic E-state index is 13.2. The Hall–Kier alpha value is -4.18. The highest BCUT2D eigenvalue weighted by molar-refractivity contribution is 6.09. The highest BCUT2D eigenvalue weighted by atomic mass is 16.2. The third-order valence-electron chi connectivity index (χ3n) is 5.50. The van der Waals surface area contributed by atoms with Crippen LogP contribution in [0.25, 0.3) is 0 Å². The molecule has 2 N–H and O–H groups in total. The quantitative estimate of drug-likeness (QED) is 0.376. The molecule has 2 amide bonds. The summed E-state index contributed by atoms with van der Waals surface area (Å²) in [4.78, 5) is 26.0. The minimum atomic E-state index is -0.230. The van der Waals surface area contributed by atoms with Crippen molar-refractivity contribution in [3.05, 3.63) is 137 Å². The standard InChI is InChI=1S/C29H26N2O2/c32-28(30-21-23-13-5-2-6-14-23)26-17-9-10-18-27(26)31-29(33)25-16-8-7-15-24(25)20-19-22-11-3-1-4-12-22/h1-18H,19-21H2,(H,30,32)(H,31,33). The molecule has 0 bridgehead atoms. The van der Waals surface area contributed by atoms with Gasteiger partial charge in [-0.3, -0.25) is 9.59 Å². The van der Waals surface area contributed by atoms with Crippen molar-refractivity contribution >= 4 is 17.5 Å². The van der Waals surface area contributed by atoms with Gasteiger partial charge in [0.1, 0.15) is 0 Å². The first-order valence-electron chi connectivity index (χ1n) is 11.0. The molecule has 0 saturated carbocycles. The van der Waals surface area contributed by atoms with Crippen LogP contribution in [0.5, 0.6) is 0 Å². The molecule has 0 aliphatic rings. The fourth-order valence-corrected chi connectivity index (χ4v) is 3.74. The number of rotatable bonds is 8. The third kappa shape index (κ3) is 5.95. The summed E-state index contributed by atoms with van der Waals surface area (Å²) >= 11 is 0. The number of anilines is 1. The molecule has 4 heteroatoms.